The maximum Gasteiger partial charge on any atom is 0.326 e. The topological polar surface area (TPSA) is 133 Å². The number of likely N-dealkylation sites (tertiary alicyclic amines) is 2. The number of benzene rings is 1. The molecule has 4 N–H and O–H groups in total. The van der Waals surface area contributed by atoms with Gasteiger partial charge in [0, 0.05) is 13.1 Å². The van der Waals surface area contributed by atoms with Gasteiger partial charge in [-0.05, 0) is 43.6 Å². The molecule has 2 aliphatic heterocycles. The van der Waals surface area contributed by atoms with Gasteiger partial charge < -0.3 is 26.0 Å². The van der Waals surface area contributed by atoms with E-state index in [2.05, 4.69) is 5.32 Å². The largest absolute Gasteiger partial charge is 0.480 e. The van der Waals surface area contributed by atoms with Crippen LogP contribution >= 0.6 is 0 Å². The highest BCUT2D eigenvalue weighted by Gasteiger charge is 2.43. The standard InChI is InChI=1S/C24H34N4O5/c1-15(2)20(24(32)33)26-21(29)18-10-6-12-27(18)23(31)19-11-7-13-28(19)22(30)17(25)14-16-8-4-3-5-9-16/h3-5,8-9,15,17-20H,6-7,10-14,25H2,1-2H3,(H,26,29)(H,32,33). The van der Waals surface area contributed by atoms with E-state index < -0.39 is 36.0 Å². The Bertz CT molecular complexity index is 875. The highest BCUT2D eigenvalue weighted by Crippen LogP contribution is 2.26. The summed E-state index contributed by atoms with van der Waals surface area (Å²) in [6, 6.07) is 6.36. The van der Waals surface area contributed by atoms with Crippen molar-refractivity contribution in [3.63, 3.8) is 0 Å². The van der Waals surface area contributed by atoms with Crippen LogP contribution in [-0.2, 0) is 25.6 Å². The van der Waals surface area contributed by atoms with Gasteiger partial charge in [-0.25, -0.2) is 4.79 Å². The van der Waals surface area contributed by atoms with E-state index in [1.165, 1.54) is 4.90 Å². The smallest absolute Gasteiger partial charge is 0.326 e. The molecular weight excluding hydrogens is 424 g/mol. The number of hydrogen-bond donors (Lipinski definition) is 3. The summed E-state index contributed by atoms with van der Waals surface area (Å²) < 4.78 is 0. The van der Waals surface area contributed by atoms with Crippen molar-refractivity contribution in [1.82, 2.24) is 15.1 Å². The van der Waals surface area contributed by atoms with Crippen molar-refractivity contribution in [1.29, 1.82) is 0 Å². The molecule has 4 unspecified atom stereocenters. The van der Waals surface area contributed by atoms with Crippen LogP contribution in [0.25, 0.3) is 0 Å². The van der Waals surface area contributed by atoms with Crippen LogP contribution in [0, 0.1) is 5.92 Å². The van der Waals surface area contributed by atoms with Gasteiger partial charge in [-0.2, -0.15) is 0 Å². The summed E-state index contributed by atoms with van der Waals surface area (Å²) in [7, 11) is 0. The molecule has 0 spiro atoms. The molecule has 0 saturated carbocycles. The molecule has 3 rings (SSSR count). The molecule has 0 bridgehead atoms. The maximum atomic E-state index is 13.4. The number of rotatable bonds is 8. The van der Waals surface area contributed by atoms with Crippen LogP contribution in [0.5, 0.6) is 0 Å². The number of amides is 3. The summed E-state index contributed by atoms with van der Waals surface area (Å²) in [5, 5.41) is 12.0. The van der Waals surface area contributed by atoms with Crippen LogP contribution in [0.4, 0.5) is 0 Å². The average Bonchev–Trinajstić information content (AvgIpc) is 3.46. The van der Waals surface area contributed by atoms with Gasteiger partial charge >= 0.3 is 5.97 Å². The van der Waals surface area contributed by atoms with Gasteiger partial charge in [-0.1, -0.05) is 44.2 Å². The second-order valence-corrected chi connectivity index (χ2v) is 9.24. The second-order valence-electron chi connectivity index (χ2n) is 9.24. The quantitative estimate of drug-likeness (QED) is 0.527. The van der Waals surface area contributed by atoms with E-state index in [-0.39, 0.29) is 17.7 Å². The van der Waals surface area contributed by atoms with Gasteiger partial charge in [-0.3, -0.25) is 14.4 Å². The van der Waals surface area contributed by atoms with Crippen molar-refractivity contribution in [3.8, 4) is 0 Å². The number of carboxylic acid groups (broad SMARTS) is 1. The van der Waals surface area contributed by atoms with Gasteiger partial charge in [0.15, 0.2) is 0 Å². The van der Waals surface area contributed by atoms with Crippen LogP contribution in [0.2, 0.25) is 0 Å². The third kappa shape index (κ3) is 5.71. The summed E-state index contributed by atoms with van der Waals surface area (Å²) in [5.41, 5.74) is 7.15. The Hall–Kier alpha value is -2.94. The Morgan fingerprint density at radius 3 is 2.24 bits per heavy atom. The number of aliphatic carboxylic acids is 1. The van der Waals surface area contributed by atoms with E-state index in [1.54, 1.807) is 18.7 Å². The van der Waals surface area contributed by atoms with Crippen molar-refractivity contribution in [3.05, 3.63) is 35.9 Å². The fraction of sp³-hybridized carbons (Fsp3) is 0.583. The molecule has 2 fully saturated rings. The van der Waals surface area contributed by atoms with Gasteiger partial charge in [0.2, 0.25) is 17.7 Å². The molecule has 0 aromatic heterocycles. The van der Waals surface area contributed by atoms with E-state index in [1.807, 2.05) is 30.3 Å². The lowest BCUT2D eigenvalue weighted by Crippen LogP contribution is -2.57. The molecule has 1 aromatic carbocycles. The Kier molecular flexibility index (Phi) is 8.07. The van der Waals surface area contributed by atoms with E-state index in [0.29, 0.717) is 45.2 Å². The highest BCUT2D eigenvalue weighted by molar-refractivity contribution is 5.95. The molecule has 1 aromatic rings. The van der Waals surface area contributed by atoms with Crippen molar-refractivity contribution >= 4 is 23.7 Å². The molecule has 2 saturated heterocycles. The molecule has 3 amide bonds. The number of hydrogen-bond acceptors (Lipinski definition) is 5. The van der Waals surface area contributed by atoms with Crippen LogP contribution < -0.4 is 11.1 Å². The number of nitrogens with two attached hydrogens (primary N) is 1. The molecule has 33 heavy (non-hydrogen) atoms. The minimum Gasteiger partial charge on any atom is -0.480 e. The first-order chi connectivity index (χ1) is 15.7. The zero-order chi connectivity index (χ0) is 24.1. The van der Waals surface area contributed by atoms with Crippen molar-refractivity contribution in [2.24, 2.45) is 11.7 Å². The average molecular weight is 459 g/mol. The Balaban J connectivity index is 1.67. The van der Waals surface area contributed by atoms with Crippen molar-refractivity contribution in [2.45, 2.75) is 70.1 Å². The SMILES string of the molecule is CC(C)C(NC(=O)C1CCCN1C(=O)C1CCCN1C(=O)C(N)Cc1ccccc1)C(=O)O. The summed E-state index contributed by atoms with van der Waals surface area (Å²) in [5.74, 6) is -2.37. The number of nitrogens with one attached hydrogen (secondary N) is 1. The summed E-state index contributed by atoms with van der Waals surface area (Å²) >= 11 is 0. The normalized spacial score (nSPS) is 22.3. The molecular formula is C24H34N4O5. The monoisotopic (exact) mass is 458 g/mol. The third-order valence-corrected chi connectivity index (χ3v) is 6.51. The minimum atomic E-state index is -1.10. The molecule has 2 aliphatic rings. The van der Waals surface area contributed by atoms with Crippen molar-refractivity contribution in [2.75, 3.05) is 13.1 Å². The Labute approximate surface area is 194 Å². The fourth-order valence-corrected chi connectivity index (χ4v) is 4.71. The lowest BCUT2D eigenvalue weighted by Gasteiger charge is -2.32. The van der Waals surface area contributed by atoms with Crippen molar-refractivity contribution < 1.29 is 24.3 Å². The predicted molar refractivity (Wildman–Crippen MR) is 122 cm³/mol. The molecule has 0 aliphatic carbocycles. The summed E-state index contributed by atoms with van der Waals surface area (Å²) in [4.78, 5) is 53.9. The second kappa shape index (κ2) is 10.8. The molecule has 9 heteroatoms. The van der Waals surface area contributed by atoms with Gasteiger partial charge in [0.25, 0.3) is 0 Å². The van der Waals surface area contributed by atoms with Gasteiger partial charge in [-0.15, -0.1) is 0 Å². The first-order valence-electron chi connectivity index (χ1n) is 11.6. The molecule has 4 atom stereocenters. The van der Waals surface area contributed by atoms with E-state index >= 15 is 0 Å². The lowest BCUT2D eigenvalue weighted by molar-refractivity contribution is -0.148. The Morgan fingerprint density at radius 1 is 1.03 bits per heavy atom. The summed E-state index contributed by atoms with van der Waals surface area (Å²) in [6.45, 7) is 4.30. The number of carbonyl (C=O) groups is 4. The van der Waals surface area contributed by atoms with Crippen LogP contribution in [-0.4, -0.2) is 75.9 Å². The maximum absolute atomic E-state index is 13.4. The first kappa shape index (κ1) is 24.7. The van der Waals surface area contributed by atoms with Gasteiger partial charge in [0.1, 0.15) is 18.1 Å². The number of nitrogens with zero attached hydrogens (tertiary/aromatic N) is 2. The summed E-state index contributed by atoms with van der Waals surface area (Å²) in [6.07, 6.45) is 2.72. The lowest BCUT2D eigenvalue weighted by atomic mass is 10.0. The molecule has 0 radical (unpaired) electrons. The van der Waals surface area contributed by atoms with Crippen LogP contribution in [0.15, 0.2) is 30.3 Å². The van der Waals surface area contributed by atoms with Gasteiger partial charge in [0.05, 0.1) is 6.04 Å². The zero-order valence-electron chi connectivity index (χ0n) is 19.3. The number of carboxylic acids is 1. The fourth-order valence-electron chi connectivity index (χ4n) is 4.71. The third-order valence-electron chi connectivity index (χ3n) is 6.51. The zero-order valence-corrected chi connectivity index (χ0v) is 19.3. The molecule has 2 heterocycles. The Morgan fingerprint density at radius 2 is 1.64 bits per heavy atom. The predicted octanol–water partition coefficient (Wildman–Crippen LogP) is 0.764. The highest BCUT2D eigenvalue weighted by atomic mass is 16.4. The van der Waals surface area contributed by atoms with Crippen LogP contribution in [0.1, 0.15) is 45.1 Å². The van der Waals surface area contributed by atoms with E-state index in [4.69, 9.17) is 5.73 Å². The van der Waals surface area contributed by atoms with E-state index in [0.717, 1.165) is 5.56 Å². The first-order valence-corrected chi connectivity index (χ1v) is 11.6. The minimum absolute atomic E-state index is 0.262. The number of carbonyl (C=O) groups excluding carboxylic acids is 3. The molecule has 9 nitrogen and oxygen atoms in total. The van der Waals surface area contributed by atoms with E-state index in [9.17, 15) is 24.3 Å². The van der Waals surface area contributed by atoms with Crippen LogP contribution in [0.3, 0.4) is 0 Å². The molecule has 180 valence electrons.